The molecule has 1 aliphatic rings. The highest BCUT2D eigenvalue weighted by Gasteiger charge is 2.27. The van der Waals surface area contributed by atoms with Crippen LogP contribution in [0.1, 0.15) is 64.4 Å². The molecule has 1 atom stereocenters. The Morgan fingerprint density at radius 3 is 2.43 bits per heavy atom. The average Bonchev–Trinajstić information content (AvgIpc) is 2.71. The monoisotopic (exact) mass is 435 g/mol. The van der Waals surface area contributed by atoms with Gasteiger partial charge in [0.2, 0.25) is 0 Å². The molecule has 1 aliphatic carbocycles. The van der Waals surface area contributed by atoms with Gasteiger partial charge in [0.15, 0.2) is 0 Å². The number of hydrogen-bond acceptors (Lipinski definition) is 4. The third-order valence-corrected chi connectivity index (χ3v) is 6.53. The predicted octanol–water partition coefficient (Wildman–Crippen LogP) is 5.25. The van der Waals surface area contributed by atoms with Gasteiger partial charge in [0, 0.05) is 0 Å². The van der Waals surface area contributed by atoms with Gasteiger partial charge >= 0.3 is 7.82 Å². The van der Waals surface area contributed by atoms with Crippen LogP contribution in [-0.2, 0) is 14.6 Å². The van der Waals surface area contributed by atoms with Crippen LogP contribution in [0.3, 0.4) is 0 Å². The van der Waals surface area contributed by atoms with E-state index < -0.39 is 13.4 Å². The largest absolute Gasteiger partial charge is 0.490 e. The number of hydrogen-bond donors (Lipinski definition) is 3. The molecule has 0 spiro atoms. The van der Waals surface area contributed by atoms with Crippen LogP contribution in [0.25, 0.3) is 10.8 Å². The summed E-state index contributed by atoms with van der Waals surface area (Å²) in [6.07, 6.45) is 9.00. The van der Waals surface area contributed by atoms with Crippen LogP contribution in [0.5, 0.6) is 5.75 Å². The Hall–Kier alpha value is -1.43. The molecule has 0 saturated heterocycles. The zero-order valence-corrected chi connectivity index (χ0v) is 18.8. The Morgan fingerprint density at radius 2 is 1.77 bits per heavy atom. The van der Waals surface area contributed by atoms with Crippen LogP contribution in [0.2, 0.25) is 0 Å². The van der Waals surface area contributed by atoms with Gasteiger partial charge in [0.25, 0.3) is 0 Å². The second kappa shape index (κ2) is 9.80. The lowest BCUT2D eigenvalue weighted by Gasteiger charge is -2.29. The van der Waals surface area contributed by atoms with E-state index in [1.165, 1.54) is 32.1 Å². The molecule has 4 N–H and O–H groups in total. The van der Waals surface area contributed by atoms with Crippen LogP contribution in [0.15, 0.2) is 36.4 Å². The molecule has 0 radical (unpaired) electrons. The van der Waals surface area contributed by atoms with E-state index in [2.05, 4.69) is 11.4 Å². The normalized spacial score (nSPS) is 22.0. The minimum atomic E-state index is -4.56. The van der Waals surface area contributed by atoms with Crippen molar-refractivity contribution in [3.8, 4) is 5.75 Å². The van der Waals surface area contributed by atoms with Crippen molar-refractivity contribution in [2.24, 2.45) is 11.7 Å². The van der Waals surface area contributed by atoms with Crippen LogP contribution in [-0.4, -0.2) is 22.5 Å². The molecule has 0 aromatic heterocycles. The number of fused-ring (bicyclic) bond motifs is 1. The van der Waals surface area contributed by atoms with Gasteiger partial charge in [0.05, 0.1) is 18.2 Å². The van der Waals surface area contributed by atoms with Crippen LogP contribution >= 0.6 is 7.82 Å². The smallest absolute Gasteiger partial charge is 0.469 e. The number of benzene rings is 2. The van der Waals surface area contributed by atoms with Crippen molar-refractivity contribution in [1.82, 2.24) is 0 Å². The van der Waals surface area contributed by atoms with Crippen molar-refractivity contribution < 1.29 is 23.6 Å². The standard InChI is InChI=1S/C23H34NO5P/c1-3-4-5-17-6-11-21(12-7-17)29-22-13-9-18-14-20(10-8-19(18)15-22)23(2,24)16-28-30(25,26)27/h8-10,13-15,17,21H,3-7,11-12,16,24H2,1-2H3,(H2,25,26,27)/t17?,21?,23-/m0/s1. The van der Waals surface area contributed by atoms with Crippen molar-refractivity contribution in [2.75, 3.05) is 6.61 Å². The van der Waals surface area contributed by atoms with E-state index in [1.807, 2.05) is 36.4 Å². The molecule has 7 heteroatoms. The Kier molecular flexibility index (Phi) is 7.59. The van der Waals surface area contributed by atoms with Crippen LogP contribution in [0.4, 0.5) is 0 Å². The Bertz CT molecular complexity index is 886. The summed E-state index contributed by atoms with van der Waals surface area (Å²) in [4.78, 5) is 17.9. The van der Waals surface area contributed by atoms with E-state index in [4.69, 9.17) is 20.3 Å². The van der Waals surface area contributed by atoms with Gasteiger partial charge in [-0.3, -0.25) is 4.52 Å². The summed E-state index contributed by atoms with van der Waals surface area (Å²) in [6.45, 7) is 3.67. The molecule has 1 fully saturated rings. The van der Waals surface area contributed by atoms with E-state index in [0.717, 1.165) is 40.8 Å². The van der Waals surface area contributed by atoms with Crippen molar-refractivity contribution >= 4 is 18.6 Å². The first-order valence-electron chi connectivity index (χ1n) is 10.9. The van der Waals surface area contributed by atoms with Gasteiger partial charge in [0.1, 0.15) is 5.75 Å². The molecule has 2 aromatic carbocycles. The van der Waals surface area contributed by atoms with Crippen LogP contribution in [0, 0.1) is 5.92 Å². The van der Waals surface area contributed by atoms with Crippen LogP contribution < -0.4 is 10.5 Å². The first-order chi connectivity index (χ1) is 14.2. The first kappa shape index (κ1) is 23.2. The Balaban J connectivity index is 1.63. The summed E-state index contributed by atoms with van der Waals surface area (Å²) >= 11 is 0. The summed E-state index contributed by atoms with van der Waals surface area (Å²) in [7, 11) is -4.56. The number of phosphoric acid groups is 1. The summed E-state index contributed by atoms with van der Waals surface area (Å²) in [6, 6.07) is 11.8. The summed E-state index contributed by atoms with van der Waals surface area (Å²) in [5.74, 6) is 1.74. The lowest BCUT2D eigenvalue weighted by atomic mass is 9.84. The highest BCUT2D eigenvalue weighted by atomic mass is 31.2. The molecule has 0 amide bonds. The zero-order chi connectivity index (χ0) is 21.8. The van der Waals surface area contributed by atoms with Gasteiger partial charge < -0.3 is 20.3 Å². The number of ether oxygens (including phenoxy) is 1. The molecule has 2 aromatic rings. The Morgan fingerprint density at radius 1 is 1.10 bits per heavy atom. The van der Waals surface area contributed by atoms with E-state index in [-0.39, 0.29) is 12.7 Å². The first-order valence-corrected chi connectivity index (χ1v) is 12.4. The fourth-order valence-electron chi connectivity index (χ4n) is 4.18. The molecule has 0 heterocycles. The van der Waals surface area contributed by atoms with E-state index in [0.29, 0.717) is 0 Å². The molecule has 0 unspecified atom stereocenters. The van der Waals surface area contributed by atoms with Crippen molar-refractivity contribution in [3.05, 3.63) is 42.0 Å². The third-order valence-electron chi connectivity index (χ3n) is 6.07. The average molecular weight is 436 g/mol. The minimum Gasteiger partial charge on any atom is -0.490 e. The number of unbranched alkanes of at least 4 members (excludes halogenated alkanes) is 1. The molecular formula is C23H34NO5P. The van der Waals surface area contributed by atoms with Gasteiger partial charge in [-0.1, -0.05) is 44.4 Å². The lowest BCUT2D eigenvalue weighted by molar-refractivity contribution is 0.128. The SMILES string of the molecule is CCCCC1CCC(Oc2ccc3cc([C@@](C)(N)COP(=O)(O)O)ccc3c2)CC1. The number of nitrogens with two attached hydrogens (primary N) is 1. The van der Waals surface area contributed by atoms with Gasteiger partial charge in [-0.05, 0) is 73.1 Å². The highest BCUT2D eigenvalue weighted by molar-refractivity contribution is 7.46. The maximum absolute atomic E-state index is 11.0. The summed E-state index contributed by atoms with van der Waals surface area (Å²) in [5, 5.41) is 2.04. The van der Waals surface area contributed by atoms with E-state index in [1.54, 1.807) is 6.92 Å². The van der Waals surface area contributed by atoms with E-state index in [9.17, 15) is 4.57 Å². The van der Waals surface area contributed by atoms with Gasteiger partial charge in [-0.2, -0.15) is 0 Å². The van der Waals surface area contributed by atoms with Crippen molar-refractivity contribution in [3.63, 3.8) is 0 Å². The van der Waals surface area contributed by atoms with Crippen molar-refractivity contribution in [2.45, 2.75) is 70.4 Å². The number of rotatable bonds is 9. The topological polar surface area (TPSA) is 102 Å². The zero-order valence-electron chi connectivity index (χ0n) is 17.9. The second-order valence-corrected chi connectivity index (χ2v) is 10.0. The molecular weight excluding hydrogens is 401 g/mol. The van der Waals surface area contributed by atoms with Crippen molar-refractivity contribution in [1.29, 1.82) is 0 Å². The fourth-order valence-corrected chi connectivity index (χ4v) is 4.61. The van der Waals surface area contributed by atoms with Gasteiger partial charge in [-0.25, -0.2) is 4.57 Å². The maximum Gasteiger partial charge on any atom is 0.469 e. The summed E-state index contributed by atoms with van der Waals surface area (Å²) in [5.41, 5.74) is 5.98. The summed E-state index contributed by atoms with van der Waals surface area (Å²) < 4.78 is 21.9. The Labute approximate surface area is 179 Å². The van der Waals surface area contributed by atoms with Gasteiger partial charge in [-0.15, -0.1) is 0 Å². The quantitative estimate of drug-likeness (QED) is 0.465. The molecule has 0 aliphatic heterocycles. The lowest BCUT2D eigenvalue weighted by Crippen LogP contribution is -2.37. The molecule has 1 saturated carbocycles. The highest BCUT2D eigenvalue weighted by Crippen LogP contribution is 2.38. The van der Waals surface area contributed by atoms with E-state index >= 15 is 0 Å². The minimum absolute atomic E-state index is 0.273. The number of phosphoric ester groups is 1. The third kappa shape index (κ3) is 6.53. The molecule has 3 rings (SSSR count). The maximum atomic E-state index is 11.0. The molecule has 0 bridgehead atoms. The second-order valence-electron chi connectivity index (χ2n) is 8.81. The molecule has 6 nitrogen and oxygen atoms in total. The fraction of sp³-hybridized carbons (Fsp3) is 0.565. The molecule has 166 valence electrons. The predicted molar refractivity (Wildman–Crippen MR) is 119 cm³/mol. The molecule has 30 heavy (non-hydrogen) atoms.